The Labute approximate surface area is 215 Å². The maximum Gasteiger partial charge on any atom is 0.251 e. The van der Waals surface area contributed by atoms with Crippen molar-refractivity contribution in [1.29, 1.82) is 0 Å². The molecule has 0 radical (unpaired) electrons. The van der Waals surface area contributed by atoms with E-state index in [2.05, 4.69) is 22.3 Å². The number of anilines is 1. The number of benzene rings is 3. The molecule has 1 aliphatic rings. The molecule has 1 aliphatic heterocycles. The van der Waals surface area contributed by atoms with Gasteiger partial charge in [-0.15, -0.1) is 0 Å². The summed E-state index contributed by atoms with van der Waals surface area (Å²) in [5.41, 5.74) is 5.41. The number of nitrogens with zero attached hydrogens (tertiary/aromatic N) is 2. The average molecular weight is 506 g/mol. The van der Waals surface area contributed by atoms with Gasteiger partial charge in [0.2, 0.25) is 10.0 Å². The SMILES string of the molecule is Cc1ccc(CN(c2ccc(C(=O)NCc3ccccc3CN3CCCCC3)cc2)S(C)(=O)=O)cc1. The molecule has 0 aromatic heterocycles. The van der Waals surface area contributed by atoms with Crippen molar-refractivity contribution in [1.82, 2.24) is 10.2 Å². The molecule has 0 bridgehead atoms. The van der Waals surface area contributed by atoms with Crippen LogP contribution < -0.4 is 9.62 Å². The Kier molecular flexibility index (Phi) is 8.44. The second-order valence-electron chi connectivity index (χ2n) is 9.59. The summed E-state index contributed by atoms with van der Waals surface area (Å²) in [5, 5.41) is 3.03. The topological polar surface area (TPSA) is 69.7 Å². The minimum atomic E-state index is -3.49. The molecular weight excluding hydrogens is 470 g/mol. The predicted molar refractivity (Wildman–Crippen MR) is 145 cm³/mol. The average Bonchev–Trinajstić information content (AvgIpc) is 2.88. The molecule has 1 fully saturated rings. The molecule has 6 nitrogen and oxygen atoms in total. The van der Waals surface area contributed by atoms with Gasteiger partial charge < -0.3 is 5.32 Å². The van der Waals surface area contributed by atoms with Gasteiger partial charge in [-0.1, -0.05) is 60.5 Å². The maximum atomic E-state index is 12.9. The maximum absolute atomic E-state index is 12.9. The molecule has 0 atom stereocenters. The number of hydrogen-bond acceptors (Lipinski definition) is 4. The van der Waals surface area contributed by atoms with Gasteiger partial charge in [0.15, 0.2) is 0 Å². The van der Waals surface area contributed by atoms with E-state index in [9.17, 15) is 13.2 Å². The van der Waals surface area contributed by atoms with Crippen LogP contribution in [-0.4, -0.2) is 38.6 Å². The quantitative estimate of drug-likeness (QED) is 0.450. The van der Waals surface area contributed by atoms with E-state index in [1.807, 2.05) is 43.3 Å². The lowest BCUT2D eigenvalue weighted by Gasteiger charge is -2.27. The van der Waals surface area contributed by atoms with Gasteiger partial charge >= 0.3 is 0 Å². The first-order chi connectivity index (χ1) is 17.3. The third-order valence-corrected chi connectivity index (χ3v) is 7.81. The Morgan fingerprint density at radius 2 is 1.53 bits per heavy atom. The first-order valence-corrected chi connectivity index (χ1v) is 14.3. The molecule has 4 rings (SSSR count). The third kappa shape index (κ3) is 6.95. The van der Waals surface area contributed by atoms with Crippen LogP contribution in [0.25, 0.3) is 0 Å². The Morgan fingerprint density at radius 3 is 2.17 bits per heavy atom. The second kappa shape index (κ2) is 11.7. The highest BCUT2D eigenvalue weighted by atomic mass is 32.2. The highest BCUT2D eigenvalue weighted by molar-refractivity contribution is 7.92. The van der Waals surface area contributed by atoms with Crippen molar-refractivity contribution in [3.63, 3.8) is 0 Å². The van der Waals surface area contributed by atoms with E-state index < -0.39 is 10.0 Å². The molecule has 3 aromatic carbocycles. The molecular formula is C29H35N3O3S. The van der Waals surface area contributed by atoms with Crippen LogP contribution >= 0.6 is 0 Å². The van der Waals surface area contributed by atoms with Crippen LogP contribution in [0.5, 0.6) is 0 Å². The van der Waals surface area contributed by atoms with Gasteiger partial charge in [-0.25, -0.2) is 8.42 Å². The summed E-state index contributed by atoms with van der Waals surface area (Å²) in [5.74, 6) is -0.182. The minimum Gasteiger partial charge on any atom is -0.348 e. The Hall–Kier alpha value is -3.16. The van der Waals surface area contributed by atoms with Crippen LogP contribution in [0.1, 0.15) is 51.9 Å². The lowest BCUT2D eigenvalue weighted by molar-refractivity contribution is 0.0950. The molecule has 3 aromatic rings. The number of aryl methyl sites for hydroxylation is 1. The van der Waals surface area contributed by atoms with Gasteiger partial charge in [-0.05, 0) is 73.8 Å². The number of piperidine rings is 1. The van der Waals surface area contributed by atoms with E-state index in [0.717, 1.165) is 36.3 Å². The smallest absolute Gasteiger partial charge is 0.251 e. The van der Waals surface area contributed by atoms with E-state index in [-0.39, 0.29) is 12.5 Å². The van der Waals surface area contributed by atoms with Gasteiger partial charge in [0.1, 0.15) is 0 Å². The van der Waals surface area contributed by atoms with Gasteiger partial charge in [0.05, 0.1) is 18.5 Å². The lowest BCUT2D eigenvalue weighted by Crippen LogP contribution is -2.30. The Morgan fingerprint density at radius 1 is 0.889 bits per heavy atom. The van der Waals surface area contributed by atoms with Crippen LogP contribution in [-0.2, 0) is 29.7 Å². The second-order valence-corrected chi connectivity index (χ2v) is 11.5. The van der Waals surface area contributed by atoms with Crippen molar-refractivity contribution in [3.8, 4) is 0 Å². The normalized spacial score (nSPS) is 14.4. The van der Waals surface area contributed by atoms with Gasteiger partial charge in [-0.3, -0.25) is 14.0 Å². The number of hydrogen-bond donors (Lipinski definition) is 1. The van der Waals surface area contributed by atoms with Gasteiger partial charge in [-0.2, -0.15) is 0 Å². The summed E-state index contributed by atoms with van der Waals surface area (Å²) < 4.78 is 26.4. The van der Waals surface area contributed by atoms with Crippen molar-refractivity contribution in [3.05, 3.63) is 101 Å². The number of carbonyl (C=O) groups is 1. The fourth-order valence-electron chi connectivity index (χ4n) is 4.56. The fourth-order valence-corrected chi connectivity index (χ4v) is 5.45. The summed E-state index contributed by atoms with van der Waals surface area (Å²) in [6, 6.07) is 22.8. The van der Waals surface area contributed by atoms with E-state index in [1.54, 1.807) is 24.3 Å². The number of sulfonamides is 1. The van der Waals surface area contributed by atoms with Crippen molar-refractivity contribution < 1.29 is 13.2 Å². The highest BCUT2D eigenvalue weighted by Gasteiger charge is 2.19. The number of carbonyl (C=O) groups excluding carboxylic acids is 1. The molecule has 0 unspecified atom stereocenters. The van der Waals surface area contributed by atoms with Gasteiger partial charge in [0.25, 0.3) is 5.91 Å². The van der Waals surface area contributed by atoms with Crippen molar-refractivity contribution in [2.75, 3.05) is 23.7 Å². The van der Waals surface area contributed by atoms with E-state index in [0.29, 0.717) is 17.8 Å². The summed E-state index contributed by atoms with van der Waals surface area (Å²) in [6.45, 7) is 5.84. The van der Waals surface area contributed by atoms with Crippen molar-refractivity contribution in [2.45, 2.75) is 45.8 Å². The zero-order valence-corrected chi connectivity index (χ0v) is 21.9. The monoisotopic (exact) mass is 505 g/mol. The van der Waals surface area contributed by atoms with E-state index in [1.165, 1.54) is 35.4 Å². The molecule has 0 saturated carbocycles. The number of amides is 1. The zero-order valence-electron chi connectivity index (χ0n) is 21.1. The Balaban J connectivity index is 1.41. The minimum absolute atomic E-state index is 0.182. The molecule has 0 aliphatic carbocycles. The summed E-state index contributed by atoms with van der Waals surface area (Å²) >= 11 is 0. The third-order valence-electron chi connectivity index (χ3n) is 6.67. The summed E-state index contributed by atoms with van der Waals surface area (Å²) in [6.07, 6.45) is 5.00. The van der Waals surface area contributed by atoms with Crippen LogP contribution in [0.15, 0.2) is 72.8 Å². The Bertz CT molecular complexity index is 1270. The van der Waals surface area contributed by atoms with Crippen molar-refractivity contribution in [2.24, 2.45) is 0 Å². The summed E-state index contributed by atoms with van der Waals surface area (Å²) in [4.78, 5) is 15.3. The lowest BCUT2D eigenvalue weighted by atomic mass is 10.0. The first kappa shape index (κ1) is 25.9. The molecule has 7 heteroatoms. The molecule has 0 spiro atoms. The van der Waals surface area contributed by atoms with Crippen LogP contribution in [0.2, 0.25) is 0 Å². The highest BCUT2D eigenvalue weighted by Crippen LogP contribution is 2.22. The molecule has 1 N–H and O–H groups in total. The first-order valence-electron chi connectivity index (χ1n) is 12.5. The van der Waals surface area contributed by atoms with Crippen LogP contribution in [0, 0.1) is 6.92 Å². The summed E-state index contributed by atoms with van der Waals surface area (Å²) in [7, 11) is -3.49. The van der Waals surface area contributed by atoms with E-state index in [4.69, 9.17) is 0 Å². The molecule has 1 heterocycles. The standard InChI is InChI=1S/C29H35N3O3S/c1-23-10-12-24(13-11-23)21-32(36(2,34)35)28-16-14-25(15-17-28)29(33)30-20-26-8-4-5-9-27(26)22-31-18-6-3-7-19-31/h4-5,8-17H,3,6-7,18-22H2,1-2H3,(H,30,33). The number of rotatable bonds is 9. The number of nitrogens with one attached hydrogen (secondary N) is 1. The largest absolute Gasteiger partial charge is 0.348 e. The fraction of sp³-hybridized carbons (Fsp3) is 0.345. The zero-order chi connectivity index (χ0) is 25.5. The van der Waals surface area contributed by atoms with Crippen LogP contribution in [0.4, 0.5) is 5.69 Å². The molecule has 1 saturated heterocycles. The van der Waals surface area contributed by atoms with Gasteiger partial charge in [0, 0.05) is 18.7 Å². The predicted octanol–water partition coefficient (Wildman–Crippen LogP) is 4.88. The van der Waals surface area contributed by atoms with Crippen LogP contribution in [0.3, 0.4) is 0 Å². The van der Waals surface area contributed by atoms with Crippen molar-refractivity contribution >= 4 is 21.6 Å². The van der Waals surface area contributed by atoms with E-state index >= 15 is 0 Å². The molecule has 1 amide bonds. The molecule has 36 heavy (non-hydrogen) atoms. The number of likely N-dealkylation sites (tertiary alicyclic amines) is 1. The molecule has 190 valence electrons.